The Morgan fingerprint density at radius 1 is 0.481 bits per heavy atom. The molecule has 0 spiro atoms. The van der Waals surface area contributed by atoms with Crippen LogP contribution in [0.4, 0.5) is 0 Å². The van der Waals surface area contributed by atoms with Crippen LogP contribution in [0.3, 0.4) is 0 Å². The molecular weight excluding hydrogens is 332 g/mol. The second-order valence-electron chi connectivity index (χ2n) is 8.48. The van der Waals surface area contributed by atoms with Crippen molar-refractivity contribution >= 4 is 5.78 Å². The molecule has 0 saturated carbocycles. The molecule has 0 aliphatic carbocycles. The number of rotatable bonds is 23. The molecule has 0 rings (SSSR count). The summed E-state index contributed by atoms with van der Waals surface area (Å²) in [6.45, 7) is 2.57. The van der Waals surface area contributed by atoms with E-state index in [2.05, 4.69) is 6.92 Å². The molecule has 0 amide bonds. The first-order valence-electron chi connectivity index (χ1n) is 12.4. The summed E-state index contributed by atoms with van der Waals surface area (Å²) in [7, 11) is 0. The second kappa shape index (κ2) is 23.7. The van der Waals surface area contributed by atoms with Crippen LogP contribution >= 0.6 is 0 Å². The fourth-order valence-corrected chi connectivity index (χ4v) is 3.78. The molecule has 0 aromatic rings. The summed E-state index contributed by atoms with van der Waals surface area (Å²) in [4.78, 5) is 11.8. The van der Waals surface area contributed by atoms with Gasteiger partial charge in [0, 0.05) is 19.4 Å². The van der Waals surface area contributed by atoms with Gasteiger partial charge in [0.15, 0.2) is 0 Å². The summed E-state index contributed by atoms with van der Waals surface area (Å²) in [6.07, 6.45) is 27.7. The van der Waals surface area contributed by atoms with Gasteiger partial charge in [0.25, 0.3) is 0 Å². The molecule has 1 N–H and O–H groups in total. The Labute approximate surface area is 170 Å². The third-order valence-corrected chi connectivity index (χ3v) is 5.67. The van der Waals surface area contributed by atoms with E-state index >= 15 is 0 Å². The molecular formula is C25H50O2. The van der Waals surface area contributed by atoms with Crippen LogP contribution in [0.2, 0.25) is 0 Å². The highest BCUT2D eigenvalue weighted by Crippen LogP contribution is 2.14. The first-order valence-corrected chi connectivity index (χ1v) is 12.4. The lowest BCUT2D eigenvalue weighted by molar-refractivity contribution is -0.119. The molecule has 0 bridgehead atoms. The summed E-state index contributed by atoms with van der Waals surface area (Å²) in [5.74, 6) is 0.448. The van der Waals surface area contributed by atoms with E-state index in [-0.39, 0.29) is 6.61 Å². The average Bonchev–Trinajstić information content (AvgIpc) is 2.67. The van der Waals surface area contributed by atoms with Crippen molar-refractivity contribution in [2.24, 2.45) is 0 Å². The summed E-state index contributed by atoms with van der Waals surface area (Å²) in [5.41, 5.74) is 0. The van der Waals surface area contributed by atoms with Gasteiger partial charge in [-0.15, -0.1) is 0 Å². The van der Waals surface area contributed by atoms with Gasteiger partial charge < -0.3 is 5.11 Å². The molecule has 0 unspecified atom stereocenters. The Hall–Kier alpha value is -0.370. The van der Waals surface area contributed by atoms with Crippen molar-refractivity contribution in [1.29, 1.82) is 0 Å². The van der Waals surface area contributed by atoms with Crippen LogP contribution in [0.15, 0.2) is 0 Å². The molecule has 0 aliphatic heterocycles. The molecule has 0 aromatic heterocycles. The van der Waals surface area contributed by atoms with E-state index in [0.717, 1.165) is 44.9 Å². The first-order chi connectivity index (χ1) is 13.3. The summed E-state index contributed by atoms with van der Waals surface area (Å²) in [6, 6.07) is 0. The number of unbranched alkanes of at least 4 members (excludes halogenated alkanes) is 18. The van der Waals surface area contributed by atoms with Crippen LogP contribution in [0.5, 0.6) is 0 Å². The molecule has 0 fully saturated rings. The zero-order chi connectivity index (χ0) is 19.8. The molecule has 27 heavy (non-hydrogen) atoms. The van der Waals surface area contributed by atoms with E-state index in [1.807, 2.05) is 0 Å². The van der Waals surface area contributed by atoms with Crippen molar-refractivity contribution in [2.75, 3.05) is 6.61 Å². The highest BCUT2D eigenvalue weighted by molar-refractivity contribution is 5.78. The number of carbonyl (C=O) groups is 1. The largest absolute Gasteiger partial charge is 0.396 e. The van der Waals surface area contributed by atoms with E-state index in [9.17, 15) is 4.79 Å². The Morgan fingerprint density at radius 2 is 0.778 bits per heavy atom. The smallest absolute Gasteiger partial charge is 0.132 e. The lowest BCUT2D eigenvalue weighted by Crippen LogP contribution is -1.97. The Kier molecular flexibility index (Phi) is 23.3. The molecule has 2 heteroatoms. The zero-order valence-electron chi connectivity index (χ0n) is 18.6. The van der Waals surface area contributed by atoms with Crippen molar-refractivity contribution in [3.63, 3.8) is 0 Å². The predicted molar refractivity (Wildman–Crippen MR) is 119 cm³/mol. The Balaban J connectivity index is 3.09. The minimum absolute atomic E-state index is 0.285. The maximum atomic E-state index is 11.8. The number of aliphatic hydroxyl groups excluding tert-OH is 1. The highest BCUT2D eigenvalue weighted by Gasteiger charge is 2.02. The Bertz CT molecular complexity index is 288. The molecule has 0 saturated heterocycles. The lowest BCUT2D eigenvalue weighted by Gasteiger charge is -2.04. The predicted octanol–water partition coefficient (Wildman–Crippen LogP) is 8.15. The summed E-state index contributed by atoms with van der Waals surface area (Å²) >= 11 is 0. The minimum atomic E-state index is 0.285. The molecule has 0 aromatic carbocycles. The van der Waals surface area contributed by atoms with Crippen LogP contribution in [0.25, 0.3) is 0 Å². The quantitative estimate of drug-likeness (QED) is 0.181. The van der Waals surface area contributed by atoms with Crippen molar-refractivity contribution in [3.05, 3.63) is 0 Å². The van der Waals surface area contributed by atoms with Crippen LogP contribution < -0.4 is 0 Å². The van der Waals surface area contributed by atoms with Crippen molar-refractivity contribution < 1.29 is 9.90 Å². The standard InChI is InChI=1S/C25H50O2/c1-2-3-4-5-6-7-8-9-10-11-12-13-14-15-16-19-22-25(27)23-20-17-18-21-24-26/h26H,2-24H2,1H3. The van der Waals surface area contributed by atoms with Gasteiger partial charge >= 0.3 is 0 Å². The van der Waals surface area contributed by atoms with Crippen molar-refractivity contribution in [3.8, 4) is 0 Å². The number of hydrogen-bond acceptors (Lipinski definition) is 2. The van der Waals surface area contributed by atoms with E-state index in [4.69, 9.17) is 5.11 Å². The van der Waals surface area contributed by atoms with E-state index in [1.165, 1.54) is 96.3 Å². The van der Waals surface area contributed by atoms with Gasteiger partial charge in [-0.1, -0.05) is 116 Å². The van der Waals surface area contributed by atoms with Gasteiger partial charge in [0.1, 0.15) is 5.78 Å². The van der Waals surface area contributed by atoms with Gasteiger partial charge in [-0.25, -0.2) is 0 Å². The van der Waals surface area contributed by atoms with E-state index in [0.29, 0.717) is 5.78 Å². The second-order valence-corrected chi connectivity index (χ2v) is 8.48. The fraction of sp³-hybridized carbons (Fsp3) is 0.960. The lowest BCUT2D eigenvalue weighted by atomic mass is 10.0. The number of Topliss-reactive ketones (excluding diaryl/α,β-unsaturated/α-hetero) is 1. The maximum absolute atomic E-state index is 11.8. The minimum Gasteiger partial charge on any atom is -0.396 e. The van der Waals surface area contributed by atoms with Gasteiger partial charge in [-0.2, -0.15) is 0 Å². The number of hydrogen-bond donors (Lipinski definition) is 1. The summed E-state index contributed by atoms with van der Waals surface area (Å²) in [5, 5.41) is 8.72. The van der Waals surface area contributed by atoms with Gasteiger partial charge in [0.05, 0.1) is 0 Å². The van der Waals surface area contributed by atoms with E-state index < -0.39 is 0 Å². The zero-order valence-corrected chi connectivity index (χ0v) is 18.6. The molecule has 0 heterocycles. The van der Waals surface area contributed by atoms with Gasteiger partial charge in [-0.05, 0) is 19.3 Å². The number of ketones is 1. The van der Waals surface area contributed by atoms with Crippen molar-refractivity contribution in [1.82, 2.24) is 0 Å². The van der Waals surface area contributed by atoms with Crippen LogP contribution in [0, 0.1) is 0 Å². The van der Waals surface area contributed by atoms with Crippen LogP contribution in [0.1, 0.15) is 148 Å². The normalized spacial score (nSPS) is 11.2. The van der Waals surface area contributed by atoms with Crippen molar-refractivity contribution in [2.45, 2.75) is 148 Å². The molecule has 162 valence electrons. The van der Waals surface area contributed by atoms with Gasteiger partial charge in [0.2, 0.25) is 0 Å². The monoisotopic (exact) mass is 382 g/mol. The fourth-order valence-electron chi connectivity index (χ4n) is 3.78. The SMILES string of the molecule is CCCCCCCCCCCCCCCCCCC(=O)CCCCCCO. The Morgan fingerprint density at radius 3 is 1.11 bits per heavy atom. The summed E-state index contributed by atoms with van der Waals surface area (Å²) < 4.78 is 0. The van der Waals surface area contributed by atoms with Crippen LogP contribution in [-0.4, -0.2) is 17.5 Å². The molecule has 0 radical (unpaired) electrons. The maximum Gasteiger partial charge on any atom is 0.132 e. The average molecular weight is 383 g/mol. The molecule has 0 atom stereocenters. The molecule has 2 nitrogen and oxygen atoms in total. The first kappa shape index (κ1) is 26.6. The van der Waals surface area contributed by atoms with E-state index in [1.54, 1.807) is 0 Å². The topological polar surface area (TPSA) is 37.3 Å². The molecule has 0 aliphatic rings. The number of carbonyl (C=O) groups excluding carboxylic acids is 1. The third-order valence-electron chi connectivity index (χ3n) is 5.67. The van der Waals surface area contributed by atoms with Crippen LogP contribution in [-0.2, 0) is 4.79 Å². The van der Waals surface area contributed by atoms with Gasteiger partial charge in [-0.3, -0.25) is 4.79 Å². The number of aliphatic hydroxyl groups is 1. The highest BCUT2D eigenvalue weighted by atomic mass is 16.2. The third kappa shape index (κ3) is 23.6.